The Bertz CT molecular complexity index is 835. The molecule has 0 unspecified atom stereocenters. The number of ether oxygens (including phenoxy) is 2. The van der Waals surface area contributed by atoms with Crippen molar-refractivity contribution in [2.24, 2.45) is 5.92 Å². The zero-order valence-corrected chi connectivity index (χ0v) is 18.6. The number of hydrogen-bond donors (Lipinski definition) is 1. The summed E-state index contributed by atoms with van der Waals surface area (Å²) in [6.07, 6.45) is 3.39. The number of nitrogens with zero attached hydrogens (tertiary/aromatic N) is 1. The summed E-state index contributed by atoms with van der Waals surface area (Å²) < 4.78 is 10.7. The molecular weight excluding hydrogens is 376 g/mol. The fraction of sp³-hybridized carbons (Fsp3) is 0.480. The van der Waals surface area contributed by atoms with Crippen molar-refractivity contribution >= 4 is 5.91 Å². The van der Waals surface area contributed by atoms with Gasteiger partial charge in [0, 0.05) is 18.7 Å². The van der Waals surface area contributed by atoms with Gasteiger partial charge in [0.15, 0.2) is 11.5 Å². The molecular formula is C25H34N2O3. The number of hydrogen-bond acceptors (Lipinski definition) is 4. The minimum absolute atomic E-state index is 0.0604. The van der Waals surface area contributed by atoms with Gasteiger partial charge in [0.2, 0.25) is 0 Å². The highest BCUT2D eigenvalue weighted by molar-refractivity contribution is 5.94. The van der Waals surface area contributed by atoms with Crippen LogP contribution in [0.3, 0.4) is 0 Å². The third kappa shape index (κ3) is 5.54. The van der Waals surface area contributed by atoms with Crippen LogP contribution in [0.5, 0.6) is 11.5 Å². The van der Waals surface area contributed by atoms with Crippen molar-refractivity contribution in [2.75, 3.05) is 27.3 Å². The van der Waals surface area contributed by atoms with Crippen LogP contribution in [-0.2, 0) is 6.54 Å². The molecule has 0 spiro atoms. The highest BCUT2D eigenvalue weighted by Crippen LogP contribution is 2.31. The maximum Gasteiger partial charge on any atom is 0.251 e. The van der Waals surface area contributed by atoms with Gasteiger partial charge in [-0.2, -0.15) is 0 Å². The summed E-state index contributed by atoms with van der Waals surface area (Å²) in [6.45, 7) is 7.66. The lowest BCUT2D eigenvalue weighted by Crippen LogP contribution is -2.33. The van der Waals surface area contributed by atoms with Gasteiger partial charge in [-0.3, -0.25) is 9.69 Å². The highest BCUT2D eigenvalue weighted by atomic mass is 16.5. The van der Waals surface area contributed by atoms with E-state index in [0.29, 0.717) is 17.1 Å². The standard InChI is InChI=1S/C25H34N2O3/c1-5-22(21-12-13-23(29-3)24(15-21)30-4)26-25(28)20-10-8-19(9-11-20)17-27-14-6-7-18(2)16-27/h8-13,15,18,22H,5-7,14,16-17H2,1-4H3,(H,26,28)/t18-,22-/m0/s1. The number of likely N-dealkylation sites (tertiary alicyclic amines) is 1. The van der Waals surface area contributed by atoms with Crippen LogP contribution >= 0.6 is 0 Å². The van der Waals surface area contributed by atoms with Crippen LogP contribution in [0.1, 0.15) is 60.6 Å². The first kappa shape index (κ1) is 22.2. The Morgan fingerprint density at radius 1 is 1.13 bits per heavy atom. The number of carbonyl (C=O) groups is 1. The molecule has 5 nitrogen and oxygen atoms in total. The fourth-order valence-corrected chi connectivity index (χ4v) is 4.18. The summed E-state index contributed by atoms with van der Waals surface area (Å²) in [5, 5.41) is 3.15. The number of benzene rings is 2. The smallest absolute Gasteiger partial charge is 0.251 e. The second-order valence-electron chi connectivity index (χ2n) is 8.23. The van der Waals surface area contributed by atoms with Gasteiger partial charge in [0.1, 0.15) is 0 Å². The van der Waals surface area contributed by atoms with E-state index in [4.69, 9.17) is 9.47 Å². The summed E-state index contributed by atoms with van der Waals surface area (Å²) >= 11 is 0. The molecule has 1 saturated heterocycles. The summed E-state index contributed by atoms with van der Waals surface area (Å²) in [4.78, 5) is 15.3. The van der Waals surface area contributed by atoms with Crippen molar-refractivity contribution in [2.45, 2.75) is 45.7 Å². The third-order valence-corrected chi connectivity index (χ3v) is 5.89. The van der Waals surface area contributed by atoms with Crippen LogP contribution in [0.4, 0.5) is 0 Å². The molecule has 5 heteroatoms. The topological polar surface area (TPSA) is 50.8 Å². The average molecular weight is 411 g/mol. The van der Waals surface area contributed by atoms with Crippen LogP contribution < -0.4 is 14.8 Å². The number of amides is 1. The first-order chi connectivity index (χ1) is 14.5. The molecule has 0 radical (unpaired) electrons. The summed E-state index contributed by atoms with van der Waals surface area (Å²) in [5.41, 5.74) is 2.94. The van der Waals surface area contributed by atoms with Gasteiger partial charge in [-0.1, -0.05) is 32.0 Å². The molecule has 1 aliphatic heterocycles. The van der Waals surface area contributed by atoms with E-state index >= 15 is 0 Å². The predicted octanol–water partition coefficient (Wildman–Crippen LogP) is 4.82. The first-order valence-electron chi connectivity index (χ1n) is 10.9. The van der Waals surface area contributed by atoms with E-state index in [1.807, 2.05) is 30.3 Å². The molecule has 1 heterocycles. The Hall–Kier alpha value is -2.53. The van der Waals surface area contributed by atoms with Crippen molar-refractivity contribution in [3.63, 3.8) is 0 Å². The van der Waals surface area contributed by atoms with Crippen molar-refractivity contribution in [1.29, 1.82) is 0 Å². The quantitative estimate of drug-likeness (QED) is 0.678. The molecule has 1 amide bonds. The molecule has 2 aromatic rings. The van der Waals surface area contributed by atoms with Crippen LogP contribution in [0.2, 0.25) is 0 Å². The van der Waals surface area contributed by atoms with Crippen molar-refractivity contribution in [1.82, 2.24) is 10.2 Å². The third-order valence-electron chi connectivity index (χ3n) is 5.89. The zero-order chi connectivity index (χ0) is 21.5. The minimum atomic E-state index is -0.0909. The molecule has 30 heavy (non-hydrogen) atoms. The van der Waals surface area contributed by atoms with E-state index in [2.05, 4.69) is 36.2 Å². The van der Waals surface area contributed by atoms with Crippen molar-refractivity contribution in [3.05, 3.63) is 59.2 Å². The Morgan fingerprint density at radius 2 is 1.87 bits per heavy atom. The summed E-state index contributed by atoms with van der Waals surface area (Å²) in [6, 6.07) is 13.7. The lowest BCUT2D eigenvalue weighted by molar-refractivity contribution is 0.0935. The molecule has 1 N–H and O–H groups in total. The molecule has 162 valence electrons. The highest BCUT2D eigenvalue weighted by Gasteiger charge is 2.18. The maximum absolute atomic E-state index is 12.8. The average Bonchev–Trinajstić information content (AvgIpc) is 2.77. The fourth-order valence-electron chi connectivity index (χ4n) is 4.18. The van der Waals surface area contributed by atoms with Crippen LogP contribution in [0, 0.1) is 5.92 Å². The van der Waals surface area contributed by atoms with E-state index in [9.17, 15) is 4.79 Å². The second-order valence-corrected chi connectivity index (χ2v) is 8.23. The van der Waals surface area contributed by atoms with Gasteiger partial charge < -0.3 is 14.8 Å². The molecule has 2 aromatic carbocycles. The number of piperidine rings is 1. The molecule has 1 fully saturated rings. The monoisotopic (exact) mass is 410 g/mol. The zero-order valence-electron chi connectivity index (χ0n) is 18.6. The van der Waals surface area contributed by atoms with Gasteiger partial charge in [0.05, 0.1) is 20.3 Å². The molecule has 0 aromatic heterocycles. The number of methoxy groups -OCH3 is 2. The maximum atomic E-state index is 12.8. The van der Waals surface area contributed by atoms with Crippen LogP contribution in [-0.4, -0.2) is 38.1 Å². The van der Waals surface area contributed by atoms with Gasteiger partial charge in [0.25, 0.3) is 5.91 Å². The van der Waals surface area contributed by atoms with Crippen LogP contribution in [0.25, 0.3) is 0 Å². The normalized spacial score (nSPS) is 17.9. The summed E-state index contributed by atoms with van der Waals surface area (Å²) in [5.74, 6) is 2.06. The second kappa shape index (κ2) is 10.5. The summed E-state index contributed by atoms with van der Waals surface area (Å²) in [7, 11) is 3.24. The van der Waals surface area contributed by atoms with E-state index in [-0.39, 0.29) is 11.9 Å². The minimum Gasteiger partial charge on any atom is -0.493 e. The van der Waals surface area contributed by atoms with Crippen molar-refractivity contribution in [3.8, 4) is 11.5 Å². The molecule has 0 aliphatic carbocycles. The van der Waals surface area contributed by atoms with E-state index in [0.717, 1.165) is 37.5 Å². The molecule has 0 bridgehead atoms. The van der Waals surface area contributed by atoms with Crippen LogP contribution in [0.15, 0.2) is 42.5 Å². The molecule has 0 saturated carbocycles. The lowest BCUT2D eigenvalue weighted by atomic mass is 9.99. The Labute approximate surface area is 180 Å². The Balaban J connectivity index is 1.64. The Morgan fingerprint density at radius 3 is 2.50 bits per heavy atom. The number of rotatable bonds is 8. The van der Waals surface area contributed by atoms with Gasteiger partial charge in [-0.05, 0) is 67.1 Å². The molecule has 1 aliphatic rings. The first-order valence-corrected chi connectivity index (χ1v) is 10.9. The number of nitrogens with one attached hydrogen (secondary N) is 1. The van der Waals surface area contributed by atoms with E-state index < -0.39 is 0 Å². The van der Waals surface area contributed by atoms with Gasteiger partial charge in [-0.15, -0.1) is 0 Å². The predicted molar refractivity (Wildman–Crippen MR) is 120 cm³/mol. The van der Waals surface area contributed by atoms with E-state index in [1.54, 1.807) is 14.2 Å². The molecule has 2 atom stereocenters. The Kier molecular flexibility index (Phi) is 7.75. The van der Waals surface area contributed by atoms with Crippen molar-refractivity contribution < 1.29 is 14.3 Å². The number of carbonyl (C=O) groups excluding carboxylic acids is 1. The SMILES string of the molecule is CC[C@H](NC(=O)c1ccc(CN2CCC[C@H](C)C2)cc1)c1ccc(OC)c(OC)c1. The van der Waals surface area contributed by atoms with E-state index in [1.165, 1.54) is 18.4 Å². The van der Waals surface area contributed by atoms with Gasteiger partial charge in [-0.25, -0.2) is 0 Å². The largest absolute Gasteiger partial charge is 0.493 e. The molecule has 3 rings (SSSR count). The van der Waals surface area contributed by atoms with Gasteiger partial charge >= 0.3 is 0 Å². The lowest BCUT2D eigenvalue weighted by Gasteiger charge is -2.30.